The van der Waals surface area contributed by atoms with Gasteiger partial charge in [-0.15, -0.1) is 0 Å². The molecule has 1 aliphatic heterocycles. The number of para-hydroxylation sites is 1. The van der Waals surface area contributed by atoms with Crippen LogP contribution in [-0.4, -0.2) is 41.0 Å². The number of nitrogens with zero attached hydrogens (tertiary/aromatic N) is 3. The van der Waals surface area contributed by atoms with Gasteiger partial charge in [0.15, 0.2) is 5.82 Å². The third-order valence-electron chi connectivity index (χ3n) is 5.35. The summed E-state index contributed by atoms with van der Waals surface area (Å²) in [4.78, 5) is 32.5. The molecule has 0 spiro atoms. The Balaban J connectivity index is 1.93. The van der Waals surface area contributed by atoms with Crippen LogP contribution in [0.1, 0.15) is 45.1 Å². The van der Waals surface area contributed by atoms with Crippen molar-refractivity contribution < 1.29 is 14.0 Å². The number of carbonyl (C=O) groups is 2. The van der Waals surface area contributed by atoms with Gasteiger partial charge in [-0.25, -0.2) is 14.2 Å². The van der Waals surface area contributed by atoms with Crippen molar-refractivity contribution in [2.75, 3.05) is 23.3 Å². The van der Waals surface area contributed by atoms with Crippen LogP contribution in [0.5, 0.6) is 0 Å². The number of piperidine rings is 1. The number of likely N-dealkylation sites (tertiary alicyclic amines) is 1. The standard InChI is InChI=1S/C22H26ClFN4O2/c1-14(2)18-6-4-5-7-20(18)28(17-8-10-27(11-9-17)15(3)29)22(30)26-21-19(23)12-16(24)13-25-21/h4-7,12-14,17H,8-11H2,1-3H3,(H,25,26,30). The average Bonchev–Trinajstić information content (AvgIpc) is 2.71. The van der Waals surface area contributed by atoms with Gasteiger partial charge in [0, 0.05) is 31.7 Å². The summed E-state index contributed by atoms with van der Waals surface area (Å²) in [6, 6.07) is 8.41. The summed E-state index contributed by atoms with van der Waals surface area (Å²) in [5, 5.41) is 2.76. The zero-order valence-corrected chi connectivity index (χ0v) is 18.1. The largest absolute Gasteiger partial charge is 0.343 e. The number of urea groups is 1. The summed E-state index contributed by atoms with van der Waals surface area (Å²) in [5.74, 6) is -0.219. The Morgan fingerprint density at radius 1 is 1.27 bits per heavy atom. The van der Waals surface area contributed by atoms with Crippen LogP contribution < -0.4 is 10.2 Å². The Morgan fingerprint density at radius 2 is 1.93 bits per heavy atom. The number of amides is 3. The molecular formula is C22H26ClFN4O2. The molecule has 1 fully saturated rings. The predicted molar refractivity (Wildman–Crippen MR) is 117 cm³/mol. The summed E-state index contributed by atoms with van der Waals surface area (Å²) < 4.78 is 13.3. The van der Waals surface area contributed by atoms with Crippen LogP contribution in [0.15, 0.2) is 36.5 Å². The van der Waals surface area contributed by atoms with Crippen LogP contribution in [0.3, 0.4) is 0 Å². The Morgan fingerprint density at radius 3 is 2.53 bits per heavy atom. The molecule has 1 aromatic carbocycles. The minimum absolute atomic E-state index is 0.0341. The van der Waals surface area contributed by atoms with Crippen LogP contribution in [0, 0.1) is 5.82 Å². The van der Waals surface area contributed by atoms with E-state index in [1.54, 1.807) is 16.7 Å². The molecule has 0 unspecified atom stereocenters. The second-order valence-electron chi connectivity index (χ2n) is 7.73. The zero-order valence-electron chi connectivity index (χ0n) is 17.4. The average molecular weight is 433 g/mol. The van der Waals surface area contributed by atoms with Gasteiger partial charge >= 0.3 is 6.03 Å². The Hall–Kier alpha value is -2.67. The summed E-state index contributed by atoms with van der Waals surface area (Å²) in [6.07, 6.45) is 2.33. The van der Waals surface area contributed by atoms with Crippen molar-refractivity contribution in [3.05, 3.63) is 52.9 Å². The number of nitrogens with one attached hydrogen (secondary N) is 1. The maximum Gasteiger partial charge on any atom is 0.327 e. The highest BCUT2D eigenvalue weighted by atomic mass is 35.5. The highest BCUT2D eigenvalue weighted by molar-refractivity contribution is 6.33. The van der Waals surface area contributed by atoms with E-state index >= 15 is 0 Å². The lowest BCUT2D eigenvalue weighted by atomic mass is 9.97. The maximum absolute atomic E-state index is 13.4. The Bertz CT molecular complexity index is 929. The van der Waals surface area contributed by atoms with Gasteiger partial charge in [0.1, 0.15) is 5.82 Å². The molecule has 1 saturated heterocycles. The van der Waals surface area contributed by atoms with Crippen molar-refractivity contribution >= 4 is 35.0 Å². The fourth-order valence-corrected chi connectivity index (χ4v) is 3.97. The number of rotatable bonds is 4. The monoisotopic (exact) mass is 432 g/mol. The van der Waals surface area contributed by atoms with Crippen molar-refractivity contribution in [1.29, 1.82) is 0 Å². The van der Waals surface area contributed by atoms with Crippen LogP contribution in [0.4, 0.5) is 20.7 Å². The van der Waals surface area contributed by atoms with Crippen molar-refractivity contribution in [3.8, 4) is 0 Å². The molecule has 3 amide bonds. The first-order valence-electron chi connectivity index (χ1n) is 10.0. The van der Waals surface area contributed by atoms with Crippen molar-refractivity contribution in [3.63, 3.8) is 0 Å². The van der Waals surface area contributed by atoms with E-state index in [0.717, 1.165) is 23.5 Å². The van der Waals surface area contributed by atoms with E-state index < -0.39 is 5.82 Å². The summed E-state index contributed by atoms with van der Waals surface area (Å²) in [7, 11) is 0. The van der Waals surface area contributed by atoms with Crippen molar-refractivity contribution in [2.45, 2.75) is 45.6 Å². The van der Waals surface area contributed by atoms with Gasteiger partial charge in [-0.1, -0.05) is 43.6 Å². The molecule has 3 rings (SSSR count). The van der Waals surface area contributed by atoms with Crippen molar-refractivity contribution in [2.24, 2.45) is 0 Å². The van der Waals surface area contributed by atoms with Crippen molar-refractivity contribution in [1.82, 2.24) is 9.88 Å². The van der Waals surface area contributed by atoms with Crippen LogP contribution in [0.2, 0.25) is 5.02 Å². The molecule has 8 heteroatoms. The van der Waals surface area contributed by atoms with E-state index in [0.29, 0.717) is 25.9 Å². The molecular weight excluding hydrogens is 407 g/mol. The molecule has 6 nitrogen and oxygen atoms in total. The molecule has 2 aromatic rings. The maximum atomic E-state index is 13.4. The quantitative estimate of drug-likeness (QED) is 0.735. The summed E-state index contributed by atoms with van der Waals surface area (Å²) in [5.41, 5.74) is 1.85. The number of benzene rings is 1. The molecule has 0 aliphatic carbocycles. The van der Waals surface area contributed by atoms with Gasteiger partial charge in [0.25, 0.3) is 0 Å². The van der Waals surface area contributed by atoms with Gasteiger partial charge < -0.3 is 4.90 Å². The molecule has 2 heterocycles. The van der Waals surface area contributed by atoms with Gasteiger partial charge in [-0.2, -0.15) is 0 Å². The molecule has 160 valence electrons. The SMILES string of the molecule is CC(=O)N1CCC(N(C(=O)Nc2ncc(F)cc2Cl)c2ccccc2C(C)C)CC1. The van der Waals surface area contributed by atoms with E-state index in [9.17, 15) is 14.0 Å². The molecule has 0 saturated carbocycles. The summed E-state index contributed by atoms with van der Waals surface area (Å²) >= 11 is 6.07. The number of anilines is 2. The highest BCUT2D eigenvalue weighted by Crippen LogP contribution is 2.32. The smallest absolute Gasteiger partial charge is 0.327 e. The molecule has 0 bridgehead atoms. The number of aromatic nitrogens is 1. The fourth-order valence-electron chi connectivity index (χ4n) is 3.77. The van der Waals surface area contributed by atoms with Gasteiger partial charge in [0.2, 0.25) is 5.91 Å². The Kier molecular flexibility index (Phi) is 6.92. The third kappa shape index (κ3) is 4.90. The molecule has 0 atom stereocenters. The highest BCUT2D eigenvalue weighted by Gasteiger charge is 2.32. The number of hydrogen-bond acceptors (Lipinski definition) is 3. The first-order valence-corrected chi connectivity index (χ1v) is 10.4. The third-order valence-corrected chi connectivity index (χ3v) is 5.63. The minimum Gasteiger partial charge on any atom is -0.343 e. The number of halogens is 2. The second kappa shape index (κ2) is 9.43. The summed E-state index contributed by atoms with van der Waals surface area (Å²) in [6.45, 7) is 6.88. The second-order valence-corrected chi connectivity index (χ2v) is 8.14. The van der Waals surface area contributed by atoms with Gasteiger partial charge in [-0.3, -0.25) is 15.0 Å². The lowest BCUT2D eigenvalue weighted by Crippen LogP contribution is -2.50. The van der Waals surface area contributed by atoms with E-state index in [1.807, 2.05) is 24.3 Å². The number of hydrogen-bond donors (Lipinski definition) is 1. The lowest BCUT2D eigenvalue weighted by molar-refractivity contribution is -0.129. The molecule has 1 N–H and O–H groups in total. The van der Waals surface area contributed by atoms with Crippen LogP contribution in [-0.2, 0) is 4.79 Å². The molecule has 1 aliphatic rings. The van der Waals surface area contributed by atoms with E-state index in [2.05, 4.69) is 24.1 Å². The fraction of sp³-hybridized carbons (Fsp3) is 0.409. The van der Waals surface area contributed by atoms with E-state index in [4.69, 9.17) is 11.6 Å². The first-order chi connectivity index (χ1) is 14.3. The predicted octanol–water partition coefficient (Wildman–Crippen LogP) is 5.05. The molecule has 1 aromatic heterocycles. The van der Waals surface area contributed by atoms with Gasteiger partial charge in [-0.05, 0) is 36.5 Å². The van der Waals surface area contributed by atoms with Crippen LogP contribution >= 0.6 is 11.6 Å². The number of pyridine rings is 1. The number of carbonyl (C=O) groups excluding carboxylic acids is 2. The van der Waals surface area contributed by atoms with Gasteiger partial charge in [0.05, 0.1) is 11.2 Å². The minimum atomic E-state index is -0.573. The van der Waals surface area contributed by atoms with Crippen LogP contribution in [0.25, 0.3) is 0 Å². The van der Waals surface area contributed by atoms with E-state index in [-0.39, 0.29) is 34.7 Å². The van der Waals surface area contributed by atoms with E-state index in [1.165, 1.54) is 0 Å². The molecule has 30 heavy (non-hydrogen) atoms. The first kappa shape index (κ1) is 22.0. The zero-order chi connectivity index (χ0) is 21.8. The topological polar surface area (TPSA) is 65.5 Å². The lowest BCUT2D eigenvalue weighted by Gasteiger charge is -2.39. The Labute approximate surface area is 181 Å². The molecule has 0 radical (unpaired) electrons. The normalized spacial score (nSPS) is 14.7.